The van der Waals surface area contributed by atoms with Crippen LogP contribution in [0.15, 0.2) is 0 Å². The van der Waals surface area contributed by atoms with Crippen molar-refractivity contribution in [1.82, 2.24) is 5.32 Å². The Balaban J connectivity index is 3.83. The van der Waals surface area contributed by atoms with Crippen LogP contribution < -0.4 is 11.1 Å². The van der Waals surface area contributed by atoms with Crippen molar-refractivity contribution in [1.29, 1.82) is 0 Å². The van der Waals surface area contributed by atoms with E-state index in [4.69, 9.17) is 15.9 Å². The Labute approximate surface area is 94.8 Å². The molecule has 0 aliphatic carbocycles. The number of carbonyl (C=O) groups is 2. The van der Waals surface area contributed by atoms with Gasteiger partial charge in [0.05, 0.1) is 13.0 Å². The third-order valence-electron chi connectivity index (χ3n) is 2.19. The lowest BCUT2D eigenvalue weighted by molar-refractivity contribution is -0.137. The number of nitrogens with two attached hydrogens (primary N) is 1. The molecular weight excluding hydrogens is 212 g/mol. The Kier molecular flexibility index (Phi) is 7.70. The minimum Gasteiger partial charge on any atom is -0.481 e. The maximum absolute atomic E-state index is 11.1. The van der Waals surface area contributed by atoms with Crippen LogP contribution >= 0.6 is 0 Å². The van der Waals surface area contributed by atoms with Crippen LogP contribution in [0.1, 0.15) is 26.2 Å². The van der Waals surface area contributed by atoms with E-state index in [1.165, 1.54) is 0 Å². The molecule has 0 aliphatic heterocycles. The molecule has 0 bridgehead atoms. The van der Waals surface area contributed by atoms with Crippen LogP contribution in [0, 0.1) is 0 Å². The number of Topliss-reactive ketones (excluding diaryl/α,β-unsaturated/α-hetero) is 1. The topological polar surface area (TPSA) is 113 Å². The molecule has 6 nitrogen and oxygen atoms in total. The first kappa shape index (κ1) is 15.0. The summed E-state index contributed by atoms with van der Waals surface area (Å²) in [6.45, 7) is 1.83. The monoisotopic (exact) mass is 232 g/mol. The highest BCUT2D eigenvalue weighted by Crippen LogP contribution is 1.95. The standard InChI is InChI=1S/C10H20N2O4/c1-2-9(14)3-7(11)5-12-8(6-13)4-10(15)16/h7-8,12-13H,2-6,11H2,1H3,(H,15,16). The lowest BCUT2D eigenvalue weighted by atomic mass is 10.1. The van der Waals surface area contributed by atoms with E-state index in [0.29, 0.717) is 13.0 Å². The van der Waals surface area contributed by atoms with E-state index in [1.54, 1.807) is 6.92 Å². The summed E-state index contributed by atoms with van der Waals surface area (Å²) in [7, 11) is 0. The van der Waals surface area contributed by atoms with Crippen LogP contribution in [0.3, 0.4) is 0 Å². The molecule has 0 aliphatic rings. The minimum absolute atomic E-state index is 0.0769. The summed E-state index contributed by atoms with van der Waals surface area (Å²) in [6.07, 6.45) is 0.561. The van der Waals surface area contributed by atoms with Crippen LogP contribution in [0.2, 0.25) is 0 Å². The summed E-state index contributed by atoms with van der Waals surface area (Å²) in [5.74, 6) is -0.905. The van der Waals surface area contributed by atoms with Gasteiger partial charge in [-0.2, -0.15) is 0 Å². The average Bonchev–Trinajstić information content (AvgIpc) is 2.23. The van der Waals surface area contributed by atoms with Crippen molar-refractivity contribution in [2.24, 2.45) is 5.73 Å². The largest absolute Gasteiger partial charge is 0.481 e. The number of nitrogens with one attached hydrogen (secondary N) is 1. The van der Waals surface area contributed by atoms with Gasteiger partial charge in [0.2, 0.25) is 0 Å². The molecule has 2 atom stereocenters. The molecule has 0 spiro atoms. The van der Waals surface area contributed by atoms with E-state index in [0.717, 1.165) is 0 Å². The summed E-state index contributed by atoms with van der Waals surface area (Å²) >= 11 is 0. The van der Waals surface area contributed by atoms with E-state index in [-0.39, 0.29) is 31.3 Å². The van der Waals surface area contributed by atoms with Gasteiger partial charge in [0.25, 0.3) is 0 Å². The summed E-state index contributed by atoms with van der Waals surface area (Å²) < 4.78 is 0. The van der Waals surface area contributed by atoms with Crippen molar-refractivity contribution in [3.05, 3.63) is 0 Å². The number of ketones is 1. The summed E-state index contributed by atoms with van der Waals surface area (Å²) in [4.78, 5) is 21.5. The lowest BCUT2D eigenvalue weighted by Gasteiger charge is -2.17. The molecule has 6 heteroatoms. The normalized spacial score (nSPS) is 14.4. The molecule has 0 heterocycles. The fraction of sp³-hybridized carbons (Fsp3) is 0.800. The first-order chi connectivity index (χ1) is 7.49. The number of aliphatic carboxylic acids is 1. The van der Waals surface area contributed by atoms with E-state index in [9.17, 15) is 9.59 Å². The Morgan fingerprint density at radius 2 is 2.00 bits per heavy atom. The molecule has 0 aromatic heterocycles. The highest BCUT2D eigenvalue weighted by atomic mass is 16.4. The summed E-state index contributed by atoms with van der Waals surface area (Å²) in [5.41, 5.74) is 5.67. The number of hydrogen-bond donors (Lipinski definition) is 4. The molecule has 0 saturated carbocycles. The molecular formula is C10H20N2O4. The minimum atomic E-state index is -0.982. The van der Waals surface area contributed by atoms with E-state index in [1.807, 2.05) is 0 Å². The molecule has 0 saturated heterocycles. The van der Waals surface area contributed by atoms with Crippen molar-refractivity contribution in [2.45, 2.75) is 38.3 Å². The first-order valence-corrected chi connectivity index (χ1v) is 5.32. The van der Waals surface area contributed by atoms with Crippen LogP contribution in [-0.4, -0.2) is 47.2 Å². The first-order valence-electron chi connectivity index (χ1n) is 5.32. The van der Waals surface area contributed by atoms with E-state index >= 15 is 0 Å². The van der Waals surface area contributed by atoms with Crippen molar-refractivity contribution in [3.8, 4) is 0 Å². The zero-order valence-electron chi connectivity index (χ0n) is 9.48. The second kappa shape index (κ2) is 8.20. The Morgan fingerprint density at radius 1 is 1.38 bits per heavy atom. The average molecular weight is 232 g/mol. The second-order valence-electron chi connectivity index (χ2n) is 3.74. The molecule has 0 rings (SSSR count). The van der Waals surface area contributed by atoms with Gasteiger partial charge in [-0.05, 0) is 0 Å². The van der Waals surface area contributed by atoms with Crippen LogP contribution in [0.5, 0.6) is 0 Å². The van der Waals surface area contributed by atoms with Crippen LogP contribution in [-0.2, 0) is 9.59 Å². The van der Waals surface area contributed by atoms with Crippen molar-refractivity contribution < 1.29 is 19.8 Å². The predicted octanol–water partition coefficient (Wildman–Crippen LogP) is -0.892. The molecule has 5 N–H and O–H groups in total. The molecule has 94 valence electrons. The molecule has 0 aromatic carbocycles. The number of carboxylic acids is 1. The maximum Gasteiger partial charge on any atom is 0.305 e. The van der Waals surface area contributed by atoms with Crippen LogP contribution in [0.25, 0.3) is 0 Å². The molecule has 0 amide bonds. The quantitative estimate of drug-likeness (QED) is 0.410. The molecule has 0 radical (unpaired) electrons. The van der Waals surface area contributed by atoms with Crippen molar-refractivity contribution >= 4 is 11.8 Å². The second-order valence-corrected chi connectivity index (χ2v) is 3.74. The Morgan fingerprint density at radius 3 is 2.44 bits per heavy atom. The van der Waals surface area contributed by atoms with Crippen LogP contribution in [0.4, 0.5) is 0 Å². The van der Waals surface area contributed by atoms with Gasteiger partial charge in [0.1, 0.15) is 5.78 Å². The Hall–Kier alpha value is -0.980. The zero-order valence-corrected chi connectivity index (χ0v) is 9.48. The van der Waals surface area contributed by atoms with Crippen molar-refractivity contribution in [2.75, 3.05) is 13.2 Å². The lowest BCUT2D eigenvalue weighted by Crippen LogP contribution is -2.43. The zero-order chi connectivity index (χ0) is 12.6. The number of carbonyl (C=O) groups excluding carboxylic acids is 1. The highest BCUT2D eigenvalue weighted by molar-refractivity contribution is 5.78. The van der Waals surface area contributed by atoms with Gasteiger partial charge >= 0.3 is 5.97 Å². The molecule has 0 fully saturated rings. The third-order valence-corrected chi connectivity index (χ3v) is 2.19. The Bertz CT molecular complexity index is 233. The van der Waals surface area contributed by atoms with Gasteiger partial charge in [0, 0.05) is 31.5 Å². The smallest absolute Gasteiger partial charge is 0.305 e. The SMILES string of the molecule is CCC(=O)CC(N)CNC(CO)CC(=O)O. The van der Waals surface area contributed by atoms with Gasteiger partial charge in [-0.15, -0.1) is 0 Å². The number of aliphatic hydroxyl groups excluding tert-OH is 1. The van der Waals surface area contributed by atoms with E-state index < -0.39 is 12.0 Å². The third kappa shape index (κ3) is 7.33. The number of carboxylic acid groups (broad SMARTS) is 1. The highest BCUT2D eigenvalue weighted by Gasteiger charge is 2.14. The van der Waals surface area contributed by atoms with Crippen molar-refractivity contribution in [3.63, 3.8) is 0 Å². The van der Waals surface area contributed by atoms with E-state index in [2.05, 4.69) is 5.32 Å². The van der Waals surface area contributed by atoms with Gasteiger partial charge in [-0.25, -0.2) is 0 Å². The summed E-state index contributed by atoms with van der Waals surface area (Å²) in [6, 6.07) is -0.851. The fourth-order valence-corrected chi connectivity index (χ4v) is 1.24. The molecule has 2 unspecified atom stereocenters. The van der Waals surface area contributed by atoms with Gasteiger partial charge in [-0.3, -0.25) is 9.59 Å². The maximum atomic E-state index is 11.1. The molecule has 16 heavy (non-hydrogen) atoms. The van der Waals surface area contributed by atoms with Gasteiger partial charge in [0.15, 0.2) is 0 Å². The fourth-order valence-electron chi connectivity index (χ4n) is 1.24. The predicted molar refractivity (Wildman–Crippen MR) is 59.0 cm³/mol. The summed E-state index contributed by atoms with van der Waals surface area (Å²) in [5, 5.41) is 20.2. The molecule has 0 aromatic rings. The number of aliphatic hydroxyl groups is 1. The van der Waals surface area contributed by atoms with Gasteiger partial charge < -0.3 is 21.3 Å². The number of rotatable bonds is 9. The van der Waals surface area contributed by atoms with Gasteiger partial charge in [-0.1, -0.05) is 6.92 Å². The number of hydrogen-bond acceptors (Lipinski definition) is 5.